The summed E-state index contributed by atoms with van der Waals surface area (Å²) < 4.78 is 56.5. The number of aliphatic hydroxyl groups excluding tert-OH is 1. The number of anilines is 2. The fourth-order valence-electron chi connectivity index (χ4n) is 1.78. The molecule has 4 nitrogen and oxygen atoms in total. The molecule has 0 saturated heterocycles. The Kier molecular flexibility index (Phi) is 6.07. The normalized spacial score (nSPS) is 11.5. The van der Waals surface area contributed by atoms with Crippen LogP contribution in [0, 0.1) is 5.82 Å². The Hall–Kier alpha value is -1.70. The first-order valence-electron chi connectivity index (χ1n) is 6.43. The Morgan fingerprint density at radius 3 is 2.52 bits per heavy atom. The molecule has 120 valence electrons. The average Bonchev–Trinajstić information content (AvgIpc) is 2.36. The molecule has 0 fully saturated rings. The van der Waals surface area contributed by atoms with Crippen molar-refractivity contribution in [2.24, 2.45) is 0 Å². The minimum atomic E-state index is -4.47. The van der Waals surface area contributed by atoms with Crippen LogP contribution < -0.4 is 15.4 Å². The second kappa shape index (κ2) is 7.35. The predicted molar refractivity (Wildman–Crippen MR) is 72.0 cm³/mol. The number of halogens is 4. The van der Waals surface area contributed by atoms with E-state index in [1.165, 1.54) is 0 Å². The maximum Gasteiger partial charge on any atom is 0.405 e. The van der Waals surface area contributed by atoms with Crippen molar-refractivity contribution in [3.63, 3.8) is 0 Å². The number of nitrogen functional groups attached to an aromatic ring is 1. The van der Waals surface area contributed by atoms with Gasteiger partial charge in [-0.1, -0.05) is 6.92 Å². The van der Waals surface area contributed by atoms with Crippen LogP contribution in [0.25, 0.3) is 0 Å². The van der Waals surface area contributed by atoms with E-state index < -0.39 is 25.1 Å². The molecule has 0 atom stereocenters. The summed E-state index contributed by atoms with van der Waals surface area (Å²) in [6.45, 7) is -0.00536. The van der Waals surface area contributed by atoms with E-state index in [1.807, 2.05) is 6.92 Å². The van der Waals surface area contributed by atoms with Crippen LogP contribution in [0.3, 0.4) is 0 Å². The van der Waals surface area contributed by atoms with Crippen molar-refractivity contribution in [2.75, 3.05) is 36.9 Å². The standard InChI is InChI=1S/C13H18F4N2O2/c1-2-5-21-12-7-11(10(18)6-9(12)14)19(3-4-20)8-13(15,16)17/h6-7,20H,2-5,8,18H2,1H3. The third kappa shape index (κ3) is 5.30. The van der Waals surface area contributed by atoms with E-state index in [0.717, 1.165) is 17.0 Å². The van der Waals surface area contributed by atoms with Crippen LogP contribution in [0.1, 0.15) is 13.3 Å². The van der Waals surface area contributed by atoms with Gasteiger partial charge in [-0.3, -0.25) is 0 Å². The first kappa shape index (κ1) is 17.4. The molecule has 0 spiro atoms. The molecule has 21 heavy (non-hydrogen) atoms. The quantitative estimate of drug-likeness (QED) is 0.600. The zero-order valence-electron chi connectivity index (χ0n) is 11.6. The molecule has 1 rings (SSSR count). The summed E-state index contributed by atoms with van der Waals surface area (Å²) in [6.07, 6.45) is -3.84. The topological polar surface area (TPSA) is 58.7 Å². The number of alkyl halides is 3. The van der Waals surface area contributed by atoms with E-state index in [1.54, 1.807) is 0 Å². The molecular formula is C13H18F4N2O2. The highest BCUT2D eigenvalue weighted by Gasteiger charge is 2.31. The Bertz CT molecular complexity index is 466. The third-order valence-electron chi connectivity index (χ3n) is 2.62. The van der Waals surface area contributed by atoms with Crippen molar-refractivity contribution in [1.82, 2.24) is 0 Å². The second-order valence-electron chi connectivity index (χ2n) is 4.45. The molecule has 3 N–H and O–H groups in total. The lowest BCUT2D eigenvalue weighted by atomic mass is 10.2. The van der Waals surface area contributed by atoms with Gasteiger partial charge in [0.05, 0.1) is 24.6 Å². The zero-order valence-corrected chi connectivity index (χ0v) is 11.6. The average molecular weight is 310 g/mol. The van der Waals surface area contributed by atoms with E-state index in [0.29, 0.717) is 6.42 Å². The van der Waals surface area contributed by atoms with Gasteiger partial charge in [0, 0.05) is 18.7 Å². The molecule has 0 aromatic heterocycles. The Morgan fingerprint density at radius 1 is 1.33 bits per heavy atom. The van der Waals surface area contributed by atoms with Crippen LogP contribution in [0.2, 0.25) is 0 Å². The molecule has 1 aromatic rings. The van der Waals surface area contributed by atoms with Gasteiger partial charge in [0.15, 0.2) is 11.6 Å². The summed E-state index contributed by atoms with van der Waals surface area (Å²) >= 11 is 0. The van der Waals surface area contributed by atoms with E-state index in [4.69, 9.17) is 15.6 Å². The number of aliphatic hydroxyl groups is 1. The molecule has 0 bridgehead atoms. The zero-order chi connectivity index (χ0) is 16.0. The largest absolute Gasteiger partial charge is 0.490 e. The Morgan fingerprint density at radius 2 is 2.00 bits per heavy atom. The molecule has 1 aromatic carbocycles. The van der Waals surface area contributed by atoms with Crippen LogP contribution in [-0.4, -0.2) is 37.6 Å². The van der Waals surface area contributed by atoms with Gasteiger partial charge in [0.2, 0.25) is 0 Å². The number of rotatable bonds is 7. The Labute approximate surface area is 120 Å². The number of nitrogens with two attached hydrogens (primary N) is 1. The van der Waals surface area contributed by atoms with Gasteiger partial charge in [0.25, 0.3) is 0 Å². The molecule has 0 saturated carbocycles. The van der Waals surface area contributed by atoms with Gasteiger partial charge in [-0.05, 0) is 6.42 Å². The predicted octanol–water partition coefficient (Wildman–Crippen LogP) is 2.56. The van der Waals surface area contributed by atoms with Crippen molar-refractivity contribution in [1.29, 1.82) is 0 Å². The van der Waals surface area contributed by atoms with Crippen LogP contribution >= 0.6 is 0 Å². The van der Waals surface area contributed by atoms with Crippen molar-refractivity contribution in [3.8, 4) is 5.75 Å². The smallest absolute Gasteiger partial charge is 0.405 e. The third-order valence-corrected chi connectivity index (χ3v) is 2.62. The fourth-order valence-corrected chi connectivity index (χ4v) is 1.78. The minimum absolute atomic E-state index is 0.0196. The van der Waals surface area contributed by atoms with Gasteiger partial charge in [0.1, 0.15) is 6.54 Å². The van der Waals surface area contributed by atoms with Crippen molar-refractivity contribution in [3.05, 3.63) is 17.9 Å². The van der Waals surface area contributed by atoms with Gasteiger partial charge >= 0.3 is 6.18 Å². The molecule has 0 amide bonds. The highest BCUT2D eigenvalue weighted by atomic mass is 19.4. The Balaban J connectivity index is 3.11. The van der Waals surface area contributed by atoms with Crippen LogP contribution in [0.15, 0.2) is 12.1 Å². The molecule has 0 aliphatic heterocycles. The summed E-state index contributed by atoms with van der Waals surface area (Å²) in [7, 11) is 0. The van der Waals surface area contributed by atoms with E-state index in [2.05, 4.69) is 0 Å². The molecule has 0 aliphatic rings. The maximum absolute atomic E-state index is 13.6. The van der Waals surface area contributed by atoms with Gasteiger partial charge in [-0.2, -0.15) is 13.2 Å². The SMILES string of the molecule is CCCOc1cc(N(CCO)CC(F)(F)F)c(N)cc1F. The summed E-state index contributed by atoms with van der Waals surface area (Å²) in [6, 6.07) is 2.04. The van der Waals surface area contributed by atoms with Gasteiger partial charge in [-0.15, -0.1) is 0 Å². The van der Waals surface area contributed by atoms with Crippen LogP contribution in [0.5, 0.6) is 5.75 Å². The van der Waals surface area contributed by atoms with E-state index >= 15 is 0 Å². The number of nitrogens with zero attached hydrogens (tertiary/aromatic N) is 1. The fraction of sp³-hybridized carbons (Fsp3) is 0.538. The monoisotopic (exact) mass is 310 g/mol. The summed E-state index contributed by atoms with van der Waals surface area (Å²) in [5.74, 6) is -0.896. The highest BCUT2D eigenvalue weighted by molar-refractivity contribution is 5.70. The molecule has 0 heterocycles. The first-order chi connectivity index (χ1) is 9.78. The van der Waals surface area contributed by atoms with Crippen LogP contribution in [0.4, 0.5) is 28.9 Å². The van der Waals surface area contributed by atoms with Gasteiger partial charge < -0.3 is 20.5 Å². The van der Waals surface area contributed by atoms with Crippen molar-refractivity contribution in [2.45, 2.75) is 19.5 Å². The van der Waals surface area contributed by atoms with Crippen LogP contribution in [-0.2, 0) is 0 Å². The second-order valence-corrected chi connectivity index (χ2v) is 4.45. The molecule has 0 unspecified atom stereocenters. The summed E-state index contributed by atoms with van der Waals surface area (Å²) in [4.78, 5) is 0.841. The number of ether oxygens (including phenoxy) is 1. The molecular weight excluding hydrogens is 292 g/mol. The molecule has 0 aliphatic carbocycles. The van der Waals surface area contributed by atoms with Gasteiger partial charge in [-0.25, -0.2) is 4.39 Å². The lowest BCUT2D eigenvalue weighted by molar-refractivity contribution is -0.119. The maximum atomic E-state index is 13.6. The summed E-state index contributed by atoms with van der Waals surface area (Å²) in [5.41, 5.74) is 5.42. The lowest BCUT2D eigenvalue weighted by Gasteiger charge is -2.27. The summed E-state index contributed by atoms with van der Waals surface area (Å²) in [5, 5.41) is 8.90. The molecule has 0 radical (unpaired) electrons. The first-order valence-corrected chi connectivity index (χ1v) is 6.43. The minimum Gasteiger partial charge on any atom is -0.490 e. The number of benzene rings is 1. The van der Waals surface area contributed by atoms with E-state index in [-0.39, 0.29) is 30.3 Å². The van der Waals surface area contributed by atoms with E-state index in [9.17, 15) is 17.6 Å². The number of hydrogen-bond acceptors (Lipinski definition) is 4. The highest BCUT2D eigenvalue weighted by Crippen LogP contribution is 2.33. The van der Waals surface area contributed by atoms with Crippen molar-refractivity contribution < 1.29 is 27.4 Å². The number of hydrogen-bond donors (Lipinski definition) is 2. The lowest BCUT2D eigenvalue weighted by Crippen LogP contribution is -2.36. The molecule has 8 heteroatoms. The van der Waals surface area contributed by atoms with Crippen molar-refractivity contribution >= 4 is 11.4 Å².